The van der Waals surface area contributed by atoms with Crippen LogP contribution in [0.4, 0.5) is 0 Å². The van der Waals surface area contributed by atoms with Crippen molar-refractivity contribution in [2.45, 2.75) is 31.8 Å². The Morgan fingerprint density at radius 3 is 2.65 bits per heavy atom. The smallest absolute Gasteiger partial charge is 0.137 e. The minimum Gasteiger partial charge on any atom is -0.302 e. The predicted octanol–water partition coefficient (Wildman–Crippen LogP) is 3.55. The van der Waals surface area contributed by atoms with Gasteiger partial charge in [-0.2, -0.15) is 0 Å². The fraction of sp³-hybridized carbons (Fsp3) is 0.462. The summed E-state index contributed by atoms with van der Waals surface area (Å²) in [6.45, 7) is 1.59. The third kappa shape index (κ3) is 3.01. The van der Waals surface area contributed by atoms with Crippen molar-refractivity contribution in [1.29, 1.82) is 0 Å². The van der Waals surface area contributed by atoms with E-state index in [1.54, 1.807) is 0 Å². The number of nitrogens with zero attached hydrogens (tertiary/aromatic N) is 1. The van der Waals surface area contributed by atoms with Gasteiger partial charge in [0, 0.05) is 22.2 Å². The molecule has 1 aromatic carbocycles. The molecule has 0 aliphatic carbocycles. The zero-order valence-electron chi connectivity index (χ0n) is 9.53. The third-order valence-electron chi connectivity index (χ3n) is 3.24. The van der Waals surface area contributed by atoms with Gasteiger partial charge in [0.05, 0.1) is 6.04 Å². The first-order chi connectivity index (χ1) is 8.22. The van der Waals surface area contributed by atoms with Crippen molar-refractivity contribution in [3.8, 4) is 0 Å². The van der Waals surface area contributed by atoms with Crippen molar-refractivity contribution in [3.05, 3.63) is 33.8 Å². The van der Waals surface area contributed by atoms with Crippen LogP contribution in [0.3, 0.4) is 0 Å². The molecule has 1 aromatic rings. The summed E-state index contributed by atoms with van der Waals surface area (Å²) in [6.07, 6.45) is 4.22. The molecule has 0 aromatic heterocycles. The molecule has 0 N–H and O–H groups in total. The van der Waals surface area contributed by atoms with Gasteiger partial charge in [-0.1, -0.05) is 35.7 Å². The van der Waals surface area contributed by atoms with Crippen LogP contribution >= 0.6 is 23.2 Å². The van der Waals surface area contributed by atoms with Gasteiger partial charge in [0.1, 0.15) is 6.29 Å². The van der Waals surface area contributed by atoms with Gasteiger partial charge in [0.2, 0.25) is 0 Å². The average molecular weight is 272 g/mol. The van der Waals surface area contributed by atoms with Gasteiger partial charge in [-0.15, -0.1) is 0 Å². The first-order valence-electron chi connectivity index (χ1n) is 5.84. The SMILES string of the molecule is O=CC1CCCCN1Cc1c(Cl)cccc1Cl. The highest BCUT2D eigenvalue weighted by molar-refractivity contribution is 6.35. The summed E-state index contributed by atoms with van der Waals surface area (Å²) in [5.74, 6) is 0. The Morgan fingerprint density at radius 1 is 1.29 bits per heavy atom. The Bertz CT molecular complexity index is 388. The Kier molecular flexibility index (Phi) is 4.43. The molecule has 0 bridgehead atoms. The van der Waals surface area contributed by atoms with Crippen LogP contribution in [-0.4, -0.2) is 23.8 Å². The van der Waals surface area contributed by atoms with E-state index in [0.717, 1.165) is 37.7 Å². The van der Waals surface area contributed by atoms with Gasteiger partial charge in [0.15, 0.2) is 0 Å². The van der Waals surface area contributed by atoms with E-state index in [2.05, 4.69) is 4.90 Å². The van der Waals surface area contributed by atoms with Crippen molar-refractivity contribution in [3.63, 3.8) is 0 Å². The van der Waals surface area contributed by atoms with E-state index < -0.39 is 0 Å². The van der Waals surface area contributed by atoms with E-state index in [4.69, 9.17) is 23.2 Å². The molecule has 1 atom stereocenters. The second-order valence-electron chi connectivity index (χ2n) is 4.37. The molecule has 1 saturated heterocycles. The lowest BCUT2D eigenvalue weighted by Crippen LogP contribution is -2.40. The molecular formula is C13H15Cl2NO. The highest BCUT2D eigenvalue weighted by atomic mass is 35.5. The number of carbonyl (C=O) groups excluding carboxylic acids is 1. The summed E-state index contributed by atoms with van der Waals surface area (Å²) < 4.78 is 0. The predicted molar refractivity (Wildman–Crippen MR) is 70.6 cm³/mol. The van der Waals surface area contributed by atoms with Crippen LogP contribution in [0.2, 0.25) is 10.0 Å². The average Bonchev–Trinajstić information content (AvgIpc) is 2.34. The zero-order chi connectivity index (χ0) is 12.3. The quantitative estimate of drug-likeness (QED) is 0.784. The lowest BCUT2D eigenvalue weighted by atomic mass is 10.0. The summed E-state index contributed by atoms with van der Waals surface area (Å²) >= 11 is 12.3. The van der Waals surface area contributed by atoms with E-state index in [9.17, 15) is 4.79 Å². The summed E-state index contributed by atoms with van der Waals surface area (Å²) in [6, 6.07) is 5.52. The first-order valence-corrected chi connectivity index (χ1v) is 6.60. The normalized spacial score (nSPS) is 21.4. The molecule has 2 rings (SSSR count). The second kappa shape index (κ2) is 5.85. The molecule has 1 unspecified atom stereocenters. The minimum atomic E-state index is 0.0103. The van der Waals surface area contributed by atoms with Gasteiger partial charge < -0.3 is 4.79 Å². The van der Waals surface area contributed by atoms with Crippen molar-refractivity contribution in [2.24, 2.45) is 0 Å². The van der Waals surface area contributed by atoms with Crippen molar-refractivity contribution in [1.82, 2.24) is 4.90 Å². The van der Waals surface area contributed by atoms with E-state index in [1.807, 2.05) is 18.2 Å². The van der Waals surface area contributed by atoms with Crippen LogP contribution in [0.1, 0.15) is 24.8 Å². The molecule has 0 spiro atoms. The number of benzene rings is 1. The Labute approximate surface area is 112 Å². The Morgan fingerprint density at radius 2 is 2.00 bits per heavy atom. The Hall–Kier alpha value is -0.570. The molecule has 0 amide bonds. The van der Waals surface area contributed by atoms with Gasteiger partial charge in [-0.05, 0) is 31.5 Å². The molecule has 17 heavy (non-hydrogen) atoms. The third-order valence-corrected chi connectivity index (χ3v) is 3.95. The molecule has 1 aliphatic heterocycles. The summed E-state index contributed by atoms with van der Waals surface area (Å²) in [5.41, 5.74) is 0.921. The fourth-order valence-electron chi connectivity index (χ4n) is 2.25. The number of carbonyl (C=O) groups is 1. The molecule has 0 saturated carbocycles. The van der Waals surface area contributed by atoms with Gasteiger partial charge >= 0.3 is 0 Å². The molecule has 1 aliphatic rings. The molecule has 0 radical (unpaired) electrons. The van der Waals surface area contributed by atoms with E-state index in [1.165, 1.54) is 0 Å². The first kappa shape index (κ1) is 12.9. The number of piperidine rings is 1. The molecule has 1 heterocycles. The van der Waals surface area contributed by atoms with Crippen LogP contribution in [0.5, 0.6) is 0 Å². The van der Waals surface area contributed by atoms with E-state index in [0.29, 0.717) is 16.6 Å². The minimum absolute atomic E-state index is 0.0103. The van der Waals surface area contributed by atoms with Crippen molar-refractivity contribution < 1.29 is 4.79 Å². The lowest BCUT2D eigenvalue weighted by molar-refractivity contribution is -0.113. The zero-order valence-corrected chi connectivity index (χ0v) is 11.0. The maximum Gasteiger partial charge on any atom is 0.137 e. The van der Waals surface area contributed by atoms with Crippen molar-refractivity contribution in [2.75, 3.05) is 6.54 Å². The molecule has 1 fully saturated rings. The molecule has 4 heteroatoms. The lowest BCUT2D eigenvalue weighted by Gasteiger charge is -2.32. The number of likely N-dealkylation sites (tertiary alicyclic amines) is 1. The highest BCUT2D eigenvalue weighted by Crippen LogP contribution is 2.28. The number of hydrogen-bond acceptors (Lipinski definition) is 2. The molecule has 92 valence electrons. The highest BCUT2D eigenvalue weighted by Gasteiger charge is 2.23. The van der Waals surface area contributed by atoms with E-state index >= 15 is 0 Å². The topological polar surface area (TPSA) is 20.3 Å². The largest absolute Gasteiger partial charge is 0.302 e. The summed E-state index contributed by atoms with van der Waals surface area (Å²) in [4.78, 5) is 13.2. The maximum absolute atomic E-state index is 11.0. The van der Waals surface area contributed by atoms with Gasteiger partial charge in [-0.3, -0.25) is 4.90 Å². The number of aldehydes is 1. The van der Waals surface area contributed by atoms with Gasteiger partial charge in [-0.25, -0.2) is 0 Å². The van der Waals surface area contributed by atoms with Crippen LogP contribution < -0.4 is 0 Å². The second-order valence-corrected chi connectivity index (χ2v) is 5.18. The number of halogens is 2. The number of rotatable bonds is 3. The molecular weight excluding hydrogens is 257 g/mol. The number of hydrogen-bond donors (Lipinski definition) is 0. The maximum atomic E-state index is 11.0. The van der Waals surface area contributed by atoms with Gasteiger partial charge in [0.25, 0.3) is 0 Å². The molecule has 2 nitrogen and oxygen atoms in total. The Balaban J connectivity index is 2.16. The standard InChI is InChI=1S/C13H15Cl2NO/c14-12-5-3-6-13(15)11(12)8-16-7-2-1-4-10(16)9-17/h3,5-6,9-10H,1-2,4,7-8H2. The van der Waals surface area contributed by atoms with Crippen LogP contribution in [0.15, 0.2) is 18.2 Å². The van der Waals surface area contributed by atoms with Crippen LogP contribution in [0.25, 0.3) is 0 Å². The monoisotopic (exact) mass is 271 g/mol. The van der Waals surface area contributed by atoms with Crippen molar-refractivity contribution >= 4 is 29.5 Å². The van der Waals surface area contributed by atoms with E-state index in [-0.39, 0.29) is 6.04 Å². The van der Waals surface area contributed by atoms with Crippen LogP contribution in [0, 0.1) is 0 Å². The summed E-state index contributed by atoms with van der Waals surface area (Å²) in [7, 11) is 0. The summed E-state index contributed by atoms with van der Waals surface area (Å²) in [5, 5.41) is 1.35. The van der Waals surface area contributed by atoms with Crippen LogP contribution in [-0.2, 0) is 11.3 Å². The fourth-order valence-corrected chi connectivity index (χ4v) is 2.77.